The van der Waals surface area contributed by atoms with Crippen molar-refractivity contribution in [3.05, 3.63) is 30.6 Å². The summed E-state index contributed by atoms with van der Waals surface area (Å²) >= 11 is 5.64. The molecule has 24 heavy (non-hydrogen) atoms. The third kappa shape index (κ3) is 23.7. The van der Waals surface area contributed by atoms with Crippen molar-refractivity contribution in [2.45, 2.75) is 96.8 Å². The van der Waals surface area contributed by atoms with Gasteiger partial charge >= 0.3 is 0 Å². The van der Waals surface area contributed by atoms with Crippen LogP contribution in [-0.2, 0) is 0 Å². The molecule has 1 rings (SSSR count). The summed E-state index contributed by atoms with van der Waals surface area (Å²) in [5, 5.41) is 0. The third-order valence-corrected chi connectivity index (χ3v) is 4.32. The molecule has 3 heteroatoms. The fourth-order valence-corrected chi connectivity index (χ4v) is 2.79. The summed E-state index contributed by atoms with van der Waals surface area (Å²) in [5.74, 6) is 0.845. The molecule has 0 radical (unpaired) electrons. The van der Waals surface area contributed by atoms with Gasteiger partial charge in [0.1, 0.15) is 0 Å². The van der Waals surface area contributed by atoms with Gasteiger partial charge in [0.2, 0.25) is 0 Å². The molecular weight excluding hydrogens is 318 g/mol. The quantitative estimate of drug-likeness (QED) is 0.262. The maximum absolute atomic E-state index is 5.64. The third-order valence-electron chi connectivity index (χ3n) is 4.05. The van der Waals surface area contributed by atoms with E-state index in [1.165, 1.54) is 89.9 Å². The Morgan fingerprint density at radius 3 is 1.21 bits per heavy atom. The fraction of sp³-hybridized carbons (Fsp3) is 0.762. The summed E-state index contributed by atoms with van der Waals surface area (Å²) in [4.78, 5) is 3.78. The highest BCUT2D eigenvalue weighted by Gasteiger charge is 1.93. The molecule has 2 nitrogen and oxygen atoms in total. The predicted molar refractivity (Wildman–Crippen MR) is 109 cm³/mol. The van der Waals surface area contributed by atoms with E-state index in [2.05, 4.69) is 11.9 Å². The van der Waals surface area contributed by atoms with Crippen LogP contribution in [0.25, 0.3) is 0 Å². The second-order valence-electron chi connectivity index (χ2n) is 6.31. The van der Waals surface area contributed by atoms with Crippen molar-refractivity contribution in [3.8, 4) is 0 Å². The van der Waals surface area contributed by atoms with E-state index in [0.29, 0.717) is 0 Å². The number of pyridine rings is 1. The number of halogens is 1. The lowest BCUT2D eigenvalue weighted by Crippen LogP contribution is -1.83. The molecule has 1 aromatic heterocycles. The van der Waals surface area contributed by atoms with Crippen molar-refractivity contribution in [2.24, 2.45) is 0 Å². The summed E-state index contributed by atoms with van der Waals surface area (Å²) in [6.07, 6.45) is 23.3. The van der Waals surface area contributed by atoms with E-state index in [0.717, 1.165) is 5.88 Å². The average molecular weight is 358 g/mol. The van der Waals surface area contributed by atoms with Crippen molar-refractivity contribution in [2.75, 3.05) is 5.88 Å². The van der Waals surface area contributed by atoms with Gasteiger partial charge in [-0.25, -0.2) is 0 Å². The molecule has 0 aliphatic rings. The smallest absolute Gasteiger partial charge is 0.0267 e. The molecule has 0 saturated heterocycles. The molecule has 0 spiro atoms. The number of hydrogen-bond donors (Lipinski definition) is 0. The van der Waals surface area contributed by atoms with Crippen molar-refractivity contribution in [1.82, 2.24) is 4.98 Å². The summed E-state index contributed by atoms with van der Waals surface area (Å²) < 4.78 is 0. The van der Waals surface area contributed by atoms with E-state index in [1.54, 1.807) is 12.4 Å². The van der Waals surface area contributed by atoms with Crippen LogP contribution < -0.4 is 0 Å². The van der Waals surface area contributed by atoms with E-state index < -0.39 is 0 Å². The molecule has 0 atom stereocenters. The Kier molecular flexibility index (Phi) is 26.3. The number of alkyl halides is 1. The van der Waals surface area contributed by atoms with Crippen LogP contribution in [0.1, 0.15) is 96.8 Å². The zero-order chi connectivity index (χ0) is 16.8. The lowest BCUT2D eigenvalue weighted by molar-refractivity contribution is 0.538. The van der Waals surface area contributed by atoms with Gasteiger partial charge in [-0.15, -0.1) is 11.6 Å². The number of nitrogens with zero attached hydrogens (tertiary/aromatic N) is 1. The standard InChI is InChI=1S/C16H33Cl.C5H5N.H2O/c1-2-3-4-5-6-7-8-9-10-11-12-13-14-15-16-17;1-2-4-6-5-3-1;/h2-16H2,1H3;1-5H;1H2. The molecule has 0 fully saturated rings. The van der Waals surface area contributed by atoms with E-state index >= 15 is 0 Å². The normalized spacial score (nSPS) is 9.75. The van der Waals surface area contributed by atoms with Crippen molar-refractivity contribution >= 4 is 11.6 Å². The summed E-state index contributed by atoms with van der Waals surface area (Å²) in [7, 11) is 0. The highest BCUT2D eigenvalue weighted by atomic mass is 35.5. The second kappa shape index (κ2) is 24.6. The van der Waals surface area contributed by atoms with Gasteiger partial charge in [-0.1, -0.05) is 96.5 Å². The van der Waals surface area contributed by atoms with Gasteiger partial charge in [-0.2, -0.15) is 0 Å². The Labute approximate surface area is 155 Å². The van der Waals surface area contributed by atoms with Crippen molar-refractivity contribution in [3.63, 3.8) is 0 Å². The van der Waals surface area contributed by atoms with Gasteiger partial charge in [0.15, 0.2) is 0 Å². The lowest BCUT2D eigenvalue weighted by Gasteiger charge is -2.02. The molecule has 2 N–H and O–H groups in total. The summed E-state index contributed by atoms with van der Waals surface area (Å²) in [5.41, 5.74) is 0. The highest BCUT2D eigenvalue weighted by Crippen LogP contribution is 2.12. The van der Waals surface area contributed by atoms with Crippen LogP contribution >= 0.6 is 11.6 Å². The van der Waals surface area contributed by atoms with Gasteiger partial charge in [0, 0.05) is 18.3 Å². The predicted octanol–water partition coefficient (Wildman–Crippen LogP) is 6.96. The molecule has 142 valence electrons. The maximum Gasteiger partial charge on any atom is 0.0267 e. The molecule has 0 aliphatic carbocycles. The topological polar surface area (TPSA) is 44.4 Å². The van der Waals surface area contributed by atoms with Gasteiger partial charge in [0.25, 0.3) is 0 Å². The lowest BCUT2D eigenvalue weighted by atomic mass is 10.0. The number of hydrogen-bond acceptors (Lipinski definition) is 1. The Hall–Kier alpha value is -0.600. The molecule has 0 aromatic carbocycles. The molecule has 0 aliphatic heterocycles. The first-order valence-electron chi connectivity index (χ1n) is 9.82. The van der Waals surface area contributed by atoms with Crippen molar-refractivity contribution < 1.29 is 5.48 Å². The molecule has 0 saturated carbocycles. The average Bonchev–Trinajstić information content (AvgIpc) is 2.61. The first kappa shape index (κ1) is 25.6. The van der Waals surface area contributed by atoms with Crippen LogP contribution in [0.5, 0.6) is 0 Å². The molecule has 1 heterocycles. The number of unbranched alkanes of at least 4 members (excludes halogenated alkanes) is 13. The van der Waals surface area contributed by atoms with Gasteiger partial charge in [-0.05, 0) is 18.6 Å². The minimum Gasteiger partial charge on any atom is -0.412 e. The largest absolute Gasteiger partial charge is 0.412 e. The van der Waals surface area contributed by atoms with Crippen LogP contribution in [0, 0.1) is 0 Å². The van der Waals surface area contributed by atoms with Gasteiger partial charge in [0.05, 0.1) is 0 Å². The second-order valence-corrected chi connectivity index (χ2v) is 6.69. The van der Waals surface area contributed by atoms with Crippen LogP contribution in [0.2, 0.25) is 0 Å². The minimum absolute atomic E-state index is 0. The van der Waals surface area contributed by atoms with Gasteiger partial charge < -0.3 is 5.48 Å². The van der Waals surface area contributed by atoms with E-state index in [-0.39, 0.29) is 5.48 Å². The SMILES string of the molecule is CCCCCCCCCCCCCCCCCl.O.c1ccncc1. The number of rotatable bonds is 14. The monoisotopic (exact) mass is 357 g/mol. The first-order chi connectivity index (χ1) is 11.4. The van der Waals surface area contributed by atoms with Crippen LogP contribution in [0.4, 0.5) is 0 Å². The van der Waals surface area contributed by atoms with Gasteiger partial charge in [-0.3, -0.25) is 4.98 Å². The fourth-order valence-electron chi connectivity index (χ4n) is 2.60. The van der Waals surface area contributed by atoms with E-state index in [9.17, 15) is 0 Å². The Bertz CT molecular complexity index is 254. The highest BCUT2D eigenvalue weighted by molar-refractivity contribution is 6.17. The molecule has 1 aromatic rings. The molecule has 0 amide bonds. The Balaban J connectivity index is 0. The van der Waals surface area contributed by atoms with Crippen LogP contribution in [0.3, 0.4) is 0 Å². The Morgan fingerprint density at radius 2 is 0.958 bits per heavy atom. The summed E-state index contributed by atoms with van der Waals surface area (Å²) in [6.45, 7) is 2.28. The zero-order valence-corrected chi connectivity index (χ0v) is 16.6. The molecule has 0 unspecified atom stereocenters. The van der Waals surface area contributed by atoms with Crippen molar-refractivity contribution in [1.29, 1.82) is 0 Å². The minimum atomic E-state index is 0. The molecular formula is C21H40ClNO. The van der Waals surface area contributed by atoms with Crippen LogP contribution in [-0.4, -0.2) is 16.3 Å². The molecule has 0 bridgehead atoms. The first-order valence-corrected chi connectivity index (χ1v) is 10.4. The maximum atomic E-state index is 5.64. The van der Waals surface area contributed by atoms with Crippen LogP contribution in [0.15, 0.2) is 30.6 Å². The summed E-state index contributed by atoms with van der Waals surface area (Å²) in [6, 6.07) is 5.72. The number of aromatic nitrogens is 1. The zero-order valence-electron chi connectivity index (χ0n) is 15.8. The van der Waals surface area contributed by atoms with E-state index in [1.807, 2.05) is 18.2 Å². The van der Waals surface area contributed by atoms with E-state index in [4.69, 9.17) is 11.6 Å². The Morgan fingerprint density at radius 1 is 0.583 bits per heavy atom.